The normalized spacial score (nSPS) is 16.0. The van der Waals surface area contributed by atoms with Crippen molar-refractivity contribution < 1.29 is 9.59 Å². The van der Waals surface area contributed by atoms with Gasteiger partial charge in [0.15, 0.2) is 0 Å². The van der Waals surface area contributed by atoms with Crippen LogP contribution in [-0.2, 0) is 9.59 Å². The third kappa shape index (κ3) is 3.67. The van der Waals surface area contributed by atoms with Crippen LogP contribution in [0, 0.1) is 0 Å². The highest BCUT2D eigenvalue weighted by molar-refractivity contribution is 5.80. The zero-order chi connectivity index (χ0) is 18.0. The second-order valence-electron chi connectivity index (χ2n) is 6.95. The van der Waals surface area contributed by atoms with Crippen LogP contribution in [0.1, 0.15) is 57.9 Å². The summed E-state index contributed by atoms with van der Waals surface area (Å²) in [5.74, 6) is 0.971. The lowest BCUT2D eigenvalue weighted by atomic mass is 10.2. The molecule has 25 heavy (non-hydrogen) atoms. The van der Waals surface area contributed by atoms with Gasteiger partial charge in [-0.1, -0.05) is 12.1 Å². The van der Waals surface area contributed by atoms with E-state index in [2.05, 4.69) is 29.8 Å². The lowest BCUT2D eigenvalue weighted by molar-refractivity contribution is -0.128. The third-order valence-corrected chi connectivity index (χ3v) is 4.68. The van der Waals surface area contributed by atoms with Crippen LogP contribution < -0.4 is 5.32 Å². The van der Waals surface area contributed by atoms with E-state index in [1.807, 2.05) is 25.1 Å². The van der Waals surface area contributed by atoms with Crippen LogP contribution in [-0.4, -0.2) is 39.4 Å². The standard InChI is InChI=1S/C19H26N4O2/c1-13(2)23-16-8-5-4-7-15(16)21-19(23)14(3)20-17(24)10-12-22-11-6-9-18(22)25/h4-5,7-8,13-14H,6,9-12H2,1-3H3,(H,20,24). The van der Waals surface area contributed by atoms with E-state index < -0.39 is 0 Å². The van der Waals surface area contributed by atoms with E-state index in [1.54, 1.807) is 4.90 Å². The van der Waals surface area contributed by atoms with Crippen molar-refractivity contribution in [1.29, 1.82) is 0 Å². The van der Waals surface area contributed by atoms with Gasteiger partial charge in [0, 0.05) is 32.0 Å². The maximum atomic E-state index is 12.3. The monoisotopic (exact) mass is 342 g/mol. The summed E-state index contributed by atoms with van der Waals surface area (Å²) < 4.78 is 2.17. The molecule has 6 nitrogen and oxygen atoms in total. The van der Waals surface area contributed by atoms with Crippen molar-refractivity contribution in [1.82, 2.24) is 19.8 Å². The van der Waals surface area contributed by atoms with Crippen LogP contribution in [0.3, 0.4) is 0 Å². The van der Waals surface area contributed by atoms with E-state index >= 15 is 0 Å². The van der Waals surface area contributed by atoms with Crippen LogP contribution in [0.15, 0.2) is 24.3 Å². The molecule has 2 heterocycles. The summed E-state index contributed by atoms with van der Waals surface area (Å²) in [5.41, 5.74) is 2.02. The predicted octanol–water partition coefficient (Wildman–Crippen LogP) is 2.81. The largest absolute Gasteiger partial charge is 0.346 e. The number of carbonyl (C=O) groups is 2. The Morgan fingerprint density at radius 3 is 2.72 bits per heavy atom. The zero-order valence-corrected chi connectivity index (χ0v) is 15.2. The maximum absolute atomic E-state index is 12.3. The number of hydrogen-bond donors (Lipinski definition) is 1. The van der Waals surface area contributed by atoms with Crippen LogP contribution in [0.25, 0.3) is 11.0 Å². The topological polar surface area (TPSA) is 67.2 Å². The van der Waals surface area contributed by atoms with Gasteiger partial charge in [-0.3, -0.25) is 9.59 Å². The lowest BCUT2D eigenvalue weighted by Crippen LogP contribution is -2.33. The summed E-state index contributed by atoms with van der Waals surface area (Å²) in [6.07, 6.45) is 1.84. The van der Waals surface area contributed by atoms with Crippen molar-refractivity contribution in [2.75, 3.05) is 13.1 Å². The molecule has 0 radical (unpaired) electrons. The molecule has 2 aromatic rings. The fourth-order valence-corrected chi connectivity index (χ4v) is 3.47. The predicted molar refractivity (Wildman–Crippen MR) is 97.1 cm³/mol. The highest BCUT2D eigenvalue weighted by atomic mass is 16.2. The van der Waals surface area contributed by atoms with E-state index in [9.17, 15) is 9.59 Å². The number of amides is 2. The van der Waals surface area contributed by atoms with Crippen molar-refractivity contribution in [3.05, 3.63) is 30.1 Å². The molecule has 0 bridgehead atoms. The Hall–Kier alpha value is -2.37. The Morgan fingerprint density at radius 1 is 1.28 bits per heavy atom. The third-order valence-electron chi connectivity index (χ3n) is 4.68. The summed E-state index contributed by atoms with van der Waals surface area (Å²) in [5, 5.41) is 3.03. The van der Waals surface area contributed by atoms with Crippen molar-refractivity contribution in [3.63, 3.8) is 0 Å². The summed E-state index contributed by atoms with van der Waals surface area (Å²) in [6.45, 7) is 7.46. The van der Waals surface area contributed by atoms with E-state index in [0.29, 0.717) is 19.4 Å². The molecule has 1 saturated heterocycles. The van der Waals surface area contributed by atoms with Gasteiger partial charge < -0.3 is 14.8 Å². The number of imidazole rings is 1. The Bertz CT molecular complexity index is 781. The van der Waals surface area contributed by atoms with E-state index in [0.717, 1.165) is 29.8 Å². The Balaban J connectivity index is 1.69. The van der Waals surface area contributed by atoms with Crippen LogP contribution >= 0.6 is 0 Å². The van der Waals surface area contributed by atoms with Gasteiger partial charge in [0.25, 0.3) is 0 Å². The molecular weight excluding hydrogens is 316 g/mol. The molecule has 6 heteroatoms. The highest BCUT2D eigenvalue weighted by Gasteiger charge is 2.22. The number of hydrogen-bond acceptors (Lipinski definition) is 3. The molecule has 1 N–H and O–H groups in total. The Morgan fingerprint density at radius 2 is 2.04 bits per heavy atom. The number of carbonyl (C=O) groups excluding carboxylic acids is 2. The average Bonchev–Trinajstić information content (AvgIpc) is 3.16. The number of likely N-dealkylation sites (tertiary alicyclic amines) is 1. The molecule has 0 aliphatic carbocycles. The van der Waals surface area contributed by atoms with Crippen molar-refractivity contribution in [2.45, 2.75) is 52.1 Å². The summed E-state index contributed by atoms with van der Waals surface area (Å²) in [7, 11) is 0. The number of aromatic nitrogens is 2. The molecule has 1 aliphatic rings. The summed E-state index contributed by atoms with van der Waals surface area (Å²) in [6, 6.07) is 8.09. The molecule has 1 aromatic carbocycles. The average molecular weight is 342 g/mol. The highest BCUT2D eigenvalue weighted by Crippen LogP contribution is 2.24. The Labute approximate surface area is 148 Å². The van der Waals surface area contributed by atoms with E-state index in [4.69, 9.17) is 4.98 Å². The number of para-hydroxylation sites is 2. The molecule has 3 rings (SSSR count). The quantitative estimate of drug-likeness (QED) is 0.878. The molecule has 1 unspecified atom stereocenters. The first-order chi connectivity index (χ1) is 12.0. The van der Waals surface area contributed by atoms with Gasteiger partial charge in [0.2, 0.25) is 11.8 Å². The molecule has 0 saturated carbocycles. The first-order valence-electron chi connectivity index (χ1n) is 9.01. The van der Waals surface area contributed by atoms with Crippen molar-refractivity contribution >= 4 is 22.8 Å². The number of nitrogens with one attached hydrogen (secondary N) is 1. The molecular formula is C19H26N4O2. The molecule has 2 amide bonds. The second kappa shape index (κ2) is 7.25. The van der Waals surface area contributed by atoms with E-state index in [1.165, 1.54) is 0 Å². The maximum Gasteiger partial charge on any atom is 0.222 e. The minimum absolute atomic E-state index is 0.0467. The van der Waals surface area contributed by atoms with Gasteiger partial charge >= 0.3 is 0 Å². The van der Waals surface area contributed by atoms with Gasteiger partial charge in [-0.05, 0) is 39.3 Å². The number of rotatable bonds is 6. The first kappa shape index (κ1) is 17.5. The number of nitrogens with zero attached hydrogens (tertiary/aromatic N) is 3. The SMILES string of the molecule is CC(NC(=O)CCN1CCCC1=O)c1nc2ccccc2n1C(C)C. The summed E-state index contributed by atoms with van der Waals surface area (Å²) >= 11 is 0. The van der Waals surface area contributed by atoms with Gasteiger partial charge in [-0.15, -0.1) is 0 Å². The summed E-state index contributed by atoms with van der Waals surface area (Å²) in [4.78, 5) is 30.4. The van der Waals surface area contributed by atoms with Crippen LogP contribution in [0.5, 0.6) is 0 Å². The Kier molecular flexibility index (Phi) is 5.06. The minimum Gasteiger partial charge on any atom is -0.346 e. The fourth-order valence-electron chi connectivity index (χ4n) is 3.47. The van der Waals surface area contributed by atoms with Gasteiger partial charge in [0.05, 0.1) is 17.1 Å². The smallest absolute Gasteiger partial charge is 0.222 e. The molecule has 1 aliphatic heterocycles. The molecule has 0 spiro atoms. The van der Waals surface area contributed by atoms with Gasteiger partial charge in [-0.25, -0.2) is 4.98 Å². The van der Waals surface area contributed by atoms with Crippen LogP contribution in [0.4, 0.5) is 0 Å². The number of benzene rings is 1. The zero-order valence-electron chi connectivity index (χ0n) is 15.2. The molecule has 1 atom stereocenters. The first-order valence-corrected chi connectivity index (χ1v) is 9.01. The van der Waals surface area contributed by atoms with Gasteiger partial charge in [0.1, 0.15) is 5.82 Å². The van der Waals surface area contributed by atoms with Crippen LogP contribution in [0.2, 0.25) is 0 Å². The van der Waals surface area contributed by atoms with Crippen molar-refractivity contribution in [2.24, 2.45) is 0 Å². The fraction of sp³-hybridized carbons (Fsp3) is 0.526. The second-order valence-corrected chi connectivity index (χ2v) is 6.95. The molecule has 1 aromatic heterocycles. The molecule has 1 fully saturated rings. The van der Waals surface area contributed by atoms with E-state index in [-0.39, 0.29) is 23.9 Å². The minimum atomic E-state index is -0.184. The number of fused-ring (bicyclic) bond motifs is 1. The van der Waals surface area contributed by atoms with Crippen molar-refractivity contribution in [3.8, 4) is 0 Å². The molecule has 134 valence electrons. The van der Waals surface area contributed by atoms with Gasteiger partial charge in [-0.2, -0.15) is 0 Å². The lowest BCUT2D eigenvalue weighted by Gasteiger charge is -2.20.